The molecule has 2 fully saturated rings. The molecular formula is C18H23ClN2O3. The van der Waals surface area contributed by atoms with Gasteiger partial charge in [0.2, 0.25) is 5.91 Å². The van der Waals surface area contributed by atoms with Crippen molar-refractivity contribution in [3.05, 3.63) is 28.8 Å². The van der Waals surface area contributed by atoms with Gasteiger partial charge in [0.15, 0.2) is 0 Å². The van der Waals surface area contributed by atoms with Crippen molar-refractivity contribution >= 4 is 29.1 Å². The van der Waals surface area contributed by atoms with Crippen LogP contribution >= 0.6 is 11.6 Å². The highest BCUT2D eigenvalue weighted by Crippen LogP contribution is 2.34. The third-order valence-corrected chi connectivity index (χ3v) is 5.55. The summed E-state index contributed by atoms with van der Waals surface area (Å²) in [4.78, 5) is 29.0. The Morgan fingerprint density at radius 1 is 1.29 bits per heavy atom. The first-order valence-corrected chi connectivity index (χ1v) is 8.91. The van der Waals surface area contributed by atoms with E-state index in [9.17, 15) is 14.7 Å². The van der Waals surface area contributed by atoms with Gasteiger partial charge in [0.05, 0.1) is 18.2 Å². The zero-order chi connectivity index (χ0) is 17.3. The summed E-state index contributed by atoms with van der Waals surface area (Å²) in [6, 6.07) is 5.03. The van der Waals surface area contributed by atoms with Gasteiger partial charge in [0.25, 0.3) is 5.91 Å². The second-order valence-electron chi connectivity index (χ2n) is 6.57. The molecule has 130 valence electrons. The molecule has 0 saturated carbocycles. The molecule has 6 heteroatoms. The van der Waals surface area contributed by atoms with E-state index in [1.807, 2.05) is 6.92 Å². The van der Waals surface area contributed by atoms with Crippen molar-refractivity contribution in [3.63, 3.8) is 0 Å². The van der Waals surface area contributed by atoms with E-state index in [0.717, 1.165) is 31.4 Å². The lowest BCUT2D eigenvalue weighted by atomic mass is 9.97. The van der Waals surface area contributed by atoms with Crippen LogP contribution in [0.15, 0.2) is 18.2 Å². The molecule has 2 amide bonds. The first kappa shape index (κ1) is 17.4. The highest BCUT2D eigenvalue weighted by atomic mass is 35.5. The van der Waals surface area contributed by atoms with Crippen molar-refractivity contribution in [1.29, 1.82) is 0 Å². The monoisotopic (exact) mass is 350 g/mol. The van der Waals surface area contributed by atoms with Crippen LogP contribution in [0.5, 0.6) is 0 Å². The molecule has 2 saturated heterocycles. The van der Waals surface area contributed by atoms with Crippen molar-refractivity contribution in [2.24, 2.45) is 0 Å². The molecule has 0 aromatic heterocycles. The zero-order valence-electron chi connectivity index (χ0n) is 13.9. The molecule has 1 N–H and O–H groups in total. The quantitative estimate of drug-likeness (QED) is 0.848. The first-order chi connectivity index (χ1) is 11.5. The molecule has 0 unspecified atom stereocenters. The van der Waals surface area contributed by atoms with Gasteiger partial charge in [-0.1, -0.05) is 24.1 Å². The van der Waals surface area contributed by atoms with Gasteiger partial charge in [-0.3, -0.25) is 14.5 Å². The van der Waals surface area contributed by atoms with Crippen molar-refractivity contribution in [3.8, 4) is 0 Å². The molecular weight excluding hydrogens is 328 g/mol. The topological polar surface area (TPSA) is 60.9 Å². The highest BCUT2D eigenvalue weighted by Gasteiger charge is 2.45. The summed E-state index contributed by atoms with van der Waals surface area (Å²) >= 11 is 6.15. The summed E-state index contributed by atoms with van der Waals surface area (Å²) < 4.78 is 0. The molecule has 1 aromatic rings. The minimum atomic E-state index is -0.423. The van der Waals surface area contributed by atoms with Crippen LogP contribution in [-0.4, -0.2) is 47.1 Å². The van der Waals surface area contributed by atoms with Crippen LogP contribution in [-0.2, 0) is 9.59 Å². The van der Waals surface area contributed by atoms with Gasteiger partial charge in [-0.05, 0) is 50.4 Å². The lowest BCUT2D eigenvalue weighted by Gasteiger charge is -2.38. The molecule has 0 aliphatic carbocycles. The Balaban J connectivity index is 1.87. The van der Waals surface area contributed by atoms with Crippen LogP contribution < -0.4 is 4.90 Å². The molecule has 24 heavy (non-hydrogen) atoms. The largest absolute Gasteiger partial charge is 0.396 e. The third kappa shape index (κ3) is 3.08. The van der Waals surface area contributed by atoms with Crippen molar-refractivity contribution in [2.75, 3.05) is 18.1 Å². The number of carbonyl (C=O) groups is 2. The average Bonchev–Trinajstić information content (AvgIpc) is 2.86. The smallest absolute Gasteiger partial charge is 0.251 e. The molecule has 0 radical (unpaired) electrons. The number of amides is 2. The van der Waals surface area contributed by atoms with E-state index in [-0.39, 0.29) is 30.9 Å². The molecule has 2 aliphatic rings. The van der Waals surface area contributed by atoms with Gasteiger partial charge in [-0.2, -0.15) is 0 Å². The van der Waals surface area contributed by atoms with E-state index in [1.165, 1.54) is 4.90 Å². The summed E-state index contributed by atoms with van der Waals surface area (Å²) in [5, 5.41) is 9.84. The second kappa shape index (κ2) is 7.21. The number of hydrogen-bond donors (Lipinski definition) is 1. The van der Waals surface area contributed by atoms with Crippen LogP contribution in [0.3, 0.4) is 0 Å². The van der Waals surface area contributed by atoms with E-state index in [2.05, 4.69) is 4.90 Å². The third-order valence-electron chi connectivity index (χ3n) is 5.14. The maximum atomic E-state index is 13.0. The first-order valence-electron chi connectivity index (χ1n) is 8.53. The number of nitrogens with zero attached hydrogens (tertiary/aromatic N) is 2. The Morgan fingerprint density at radius 3 is 2.83 bits per heavy atom. The Labute approximate surface area is 147 Å². The van der Waals surface area contributed by atoms with E-state index in [0.29, 0.717) is 17.1 Å². The minimum absolute atomic E-state index is 0.104. The number of carbonyl (C=O) groups excluding carboxylic acids is 2. The SMILES string of the molecule is Cc1c(Cl)cccc1N1C(=O)C[C@@H](N2CCCC[C@@H]2CCO)C1=O. The summed E-state index contributed by atoms with van der Waals surface area (Å²) in [6.45, 7) is 2.73. The highest BCUT2D eigenvalue weighted by molar-refractivity contribution is 6.32. The standard InChI is InChI=1S/C18H23ClN2O3/c1-12-14(19)6-4-7-15(12)21-17(23)11-16(18(21)24)20-9-3-2-5-13(20)8-10-22/h4,6-7,13,16,22H,2-3,5,8-11H2,1H3/t13-,16-/m1/s1. The molecule has 0 spiro atoms. The van der Waals surface area contributed by atoms with Crippen LogP contribution in [0.1, 0.15) is 37.7 Å². The summed E-state index contributed by atoms with van der Waals surface area (Å²) in [5.74, 6) is -0.348. The van der Waals surface area contributed by atoms with Crippen LogP contribution in [0.25, 0.3) is 0 Å². The second-order valence-corrected chi connectivity index (χ2v) is 6.98. The maximum absolute atomic E-state index is 13.0. The molecule has 0 bridgehead atoms. The van der Waals surface area contributed by atoms with E-state index in [1.54, 1.807) is 18.2 Å². The Bertz CT molecular complexity index is 647. The number of benzene rings is 1. The van der Waals surface area contributed by atoms with E-state index >= 15 is 0 Å². The number of anilines is 1. The number of aliphatic hydroxyl groups excluding tert-OH is 1. The molecule has 2 heterocycles. The van der Waals surface area contributed by atoms with Gasteiger partial charge < -0.3 is 5.11 Å². The van der Waals surface area contributed by atoms with Gasteiger partial charge in [0.1, 0.15) is 0 Å². The van der Waals surface area contributed by atoms with Crippen molar-refractivity contribution in [2.45, 2.75) is 51.1 Å². The average molecular weight is 351 g/mol. The molecule has 5 nitrogen and oxygen atoms in total. The van der Waals surface area contributed by atoms with Crippen LogP contribution in [0.4, 0.5) is 5.69 Å². The predicted molar refractivity (Wildman–Crippen MR) is 93.1 cm³/mol. The molecule has 1 aromatic carbocycles. The Kier molecular flexibility index (Phi) is 5.23. The summed E-state index contributed by atoms with van der Waals surface area (Å²) in [7, 11) is 0. The van der Waals surface area contributed by atoms with E-state index in [4.69, 9.17) is 11.6 Å². The summed E-state index contributed by atoms with van der Waals surface area (Å²) in [6.07, 6.45) is 3.94. The number of imide groups is 1. The fraction of sp³-hybridized carbons (Fsp3) is 0.556. The fourth-order valence-electron chi connectivity index (χ4n) is 3.86. The molecule has 2 aliphatic heterocycles. The Hall–Kier alpha value is -1.43. The molecule has 3 rings (SSSR count). The number of piperidine rings is 1. The number of rotatable bonds is 4. The minimum Gasteiger partial charge on any atom is -0.396 e. The lowest BCUT2D eigenvalue weighted by molar-refractivity contribution is -0.124. The predicted octanol–water partition coefficient (Wildman–Crippen LogP) is 2.52. The van der Waals surface area contributed by atoms with Crippen LogP contribution in [0, 0.1) is 6.92 Å². The Morgan fingerprint density at radius 2 is 2.08 bits per heavy atom. The molecule has 2 atom stereocenters. The number of halogens is 1. The summed E-state index contributed by atoms with van der Waals surface area (Å²) in [5.41, 5.74) is 1.32. The number of likely N-dealkylation sites (tertiary alicyclic amines) is 1. The van der Waals surface area contributed by atoms with Gasteiger partial charge in [-0.25, -0.2) is 4.90 Å². The maximum Gasteiger partial charge on any atom is 0.251 e. The zero-order valence-corrected chi connectivity index (χ0v) is 14.6. The van der Waals surface area contributed by atoms with Crippen molar-refractivity contribution in [1.82, 2.24) is 4.90 Å². The normalized spacial score (nSPS) is 25.5. The number of hydrogen-bond acceptors (Lipinski definition) is 4. The van der Waals surface area contributed by atoms with E-state index < -0.39 is 6.04 Å². The van der Waals surface area contributed by atoms with Gasteiger partial charge in [0, 0.05) is 17.7 Å². The van der Waals surface area contributed by atoms with Crippen LogP contribution in [0.2, 0.25) is 5.02 Å². The van der Waals surface area contributed by atoms with Gasteiger partial charge >= 0.3 is 0 Å². The number of aliphatic hydroxyl groups is 1. The van der Waals surface area contributed by atoms with Gasteiger partial charge in [-0.15, -0.1) is 0 Å². The fourth-order valence-corrected chi connectivity index (χ4v) is 4.03. The lowest BCUT2D eigenvalue weighted by Crippen LogP contribution is -2.50. The van der Waals surface area contributed by atoms with Crippen molar-refractivity contribution < 1.29 is 14.7 Å².